The number of carbonyl (C=O) groups is 2. The average molecular weight is 590 g/mol. The van der Waals surface area contributed by atoms with E-state index < -0.39 is 6.03 Å². The number of aromatic nitrogens is 5. The average Bonchev–Trinajstić information content (AvgIpc) is 3.43. The molecule has 0 aliphatic carbocycles. The van der Waals surface area contributed by atoms with Gasteiger partial charge < -0.3 is 10.5 Å². The molecule has 0 saturated carbocycles. The molecule has 0 unspecified atom stereocenters. The topological polar surface area (TPSA) is 144 Å². The zero-order valence-electron chi connectivity index (χ0n) is 24.0. The number of carbonyl (C=O) groups excluding carboxylic acids is 2. The zero-order valence-corrected chi connectivity index (χ0v) is 24.0. The van der Waals surface area contributed by atoms with Gasteiger partial charge in [-0.15, -0.1) is 0 Å². The molecule has 44 heavy (non-hydrogen) atoms. The Labute approximate surface area is 253 Å². The standard InChI is InChI=1S/C32H31N9O3/c33-30-28-29(22-6-8-26(9-7-22)44-25-4-2-1-3-5-25)38-41(31(28)36-20-35-30)23-10-13-39(14-11-23)19-21-16-24(18-34-17-21)40-15-12-27(42)37-32(40)43/h1-9,16-18,20,23H,10-15,19H2,(H2,33,35,36)(H,37,42,43). The van der Waals surface area contributed by atoms with Crippen LogP contribution in [-0.2, 0) is 11.3 Å². The number of likely N-dealkylation sites (tertiary alicyclic amines) is 1. The molecule has 0 radical (unpaired) electrons. The summed E-state index contributed by atoms with van der Waals surface area (Å²) < 4.78 is 7.97. The summed E-state index contributed by atoms with van der Waals surface area (Å²) in [6.45, 7) is 2.77. The maximum absolute atomic E-state index is 12.3. The maximum atomic E-state index is 12.3. The number of nitrogen functional groups attached to an aromatic ring is 1. The summed E-state index contributed by atoms with van der Waals surface area (Å²) in [6, 6.07) is 19.2. The van der Waals surface area contributed by atoms with Crippen molar-refractivity contribution in [3.8, 4) is 22.8 Å². The van der Waals surface area contributed by atoms with Gasteiger partial charge in [-0.05, 0) is 60.9 Å². The number of ether oxygens (including phenoxy) is 1. The number of imide groups is 1. The molecule has 3 amide bonds. The van der Waals surface area contributed by atoms with Crippen molar-refractivity contribution >= 4 is 34.5 Å². The van der Waals surface area contributed by atoms with E-state index in [1.165, 1.54) is 6.33 Å². The molecular weight excluding hydrogens is 558 g/mol. The number of hydrogen-bond acceptors (Lipinski definition) is 9. The second kappa shape index (κ2) is 11.7. The number of nitrogens with zero attached hydrogens (tertiary/aromatic N) is 7. The molecule has 2 aliphatic rings. The van der Waals surface area contributed by atoms with Gasteiger partial charge in [0.25, 0.3) is 0 Å². The van der Waals surface area contributed by atoms with E-state index in [9.17, 15) is 9.59 Å². The highest BCUT2D eigenvalue weighted by atomic mass is 16.5. The van der Waals surface area contributed by atoms with Crippen molar-refractivity contribution in [1.29, 1.82) is 0 Å². The summed E-state index contributed by atoms with van der Waals surface area (Å²) in [5.74, 6) is 1.65. The number of nitrogens with two attached hydrogens (primary N) is 1. The highest BCUT2D eigenvalue weighted by Gasteiger charge is 2.27. The van der Waals surface area contributed by atoms with Gasteiger partial charge in [-0.1, -0.05) is 18.2 Å². The van der Waals surface area contributed by atoms with Gasteiger partial charge in [0.1, 0.15) is 29.3 Å². The smallest absolute Gasteiger partial charge is 0.328 e. The van der Waals surface area contributed by atoms with Crippen molar-refractivity contribution in [2.24, 2.45) is 0 Å². The quantitative estimate of drug-likeness (QED) is 0.279. The number of pyridine rings is 1. The van der Waals surface area contributed by atoms with Crippen LogP contribution in [0.2, 0.25) is 0 Å². The Balaban J connectivity index is 1.06. The third kappa shape index (κ3) is 5.54. The number of rotatable bonds is 7. The van der Waals surface area contributed by atoms with Crippen molar-refractivity contribution in [2.45, 2.75) is 31.8 Å². The first-order valence-electron chi connectivity index (χ1n) is 14.6. The molecule has 0 bridgehead atoms. The highest BCUT2D eigenvalue weighted by molar-refractivity contribution is 6.05. The van der Waals surface area contributed by atoms with Crippen LogP contribution in [0.1, 0.15) is 30.9 Å². The summed E-state index contributed by atoms with van der Waals surface area (Å²) in [5.41, 5.74) is 10.5. The van der Waals surface area contributed by atoms with Crippen LogP contribution in [0.25, 0.3) is 22.3 Å². The minimum Gasteiger partial charge on any atom is -0.457 e. The van der Waals surface area contributed by atoms with Gasteiger partial charge in [-0.25, -0.2) is 19.4 Å². The molecule has 2 fully saturated rings. The van der Waals surface area contributed by atoms with Crippen molar-refractivity contribution in [3.63, 3.8) is 0 Å². The lowest BCUT2D eigenvalue weighted by atomic mass is 10.0. The third-order valence-corrected chi connectivity index (χ3v) is 8.08. The van der Waals surface area contributed by atoms with Gasteiger partial charge in [0.2, 0.25) is 5.91 Å². The van der Waals surface area contributed by atoms with Gasteiger partial charge in [0, 0.05) is 44.4 Å². The number of urea groups is 1. The van der Waals surface area contributed by atoms with Crippen LogP contribution in [0.15, 0.2) is 79.4 Å². The molecule has 2 aliphatic heterocycles. The molecule has 3 aromatic heterocycles. The molecule has 5 heterocycles. The fourth-order valence-electron chi connectivity index (χ4n) is 5.86. The van der Waals surface area contributed by atoms with Crippen LogP contribution in [0.4, 0.5) is 16.3 Å². The molecule has 2 saturated heterocycles. The second-order valence-electron chi connectivity index (χ2n) is 11.0. The number of para-hydroxylation sites is 1. The predicted octanol–water partition coefficient (Wildman–Crippen LogP) is 4.55. The Hall–Kier alpha value is -5.36. The Morgan fingerprint density at radius 2 is 1.70 bits per heavy atom. The molecule has 12 heteroatoms. The molecule has 2 aromatic carbocycles. The molecule has 5 aromatic rings. The van der Waals surface area contributed by atoms with E-state index in [0.717, 1.165) is 65.3 Å². The fourth-order valence-corrected chi connectivity index (χ4v) is 5.86. The SMILES string of the molecule is Nc1ncnc2c1c(-c1ccc(Oc3ccccc3)cc1)nn2C1CCN(Cc2cncc(N3CCC(=O)NC3=O)c2)CC1. The van der Waals surface area contributed by atoms with Crippen molar-refractivity contribution < 1.29 is 14.3 Å². The van der Waals surface area contributed by atoms with Crippen LogP contribution in [0, 0.1) is 0 Å². The van der Waals surface area contributed by atoms with Crippen molar-refractivity contribution in [1.82, 2.24) is 34.9 Å². The largest absolute Gasteiger partial charge is 0.457 e. The molecule has 3 N–H and O–H groups in total. The number of hydrogen-bond donors (Lipinski definition) is 2. The van der Waals surface area contributed by atoms with Crippen molar-refractivity contribution in [2.75, 3.05) is 30.3 Å². The summed E-state index contributed by atoms with van der Waals surface area (Å²) in [4.78, 5) is 41.0. The van der Waals surface area contributed by atoms with Crippen molar-refractivity contribution in [3.05, 3.63) is 84.9 Å². The summed E-state index contributed by atoms with van der Waals surface area (Å²) in [7, 11) is 0. The Kier molecular flexibility index (Phi) is 7.32. The molecular formula is C32H31N9O3. The van der Waals surface area contributed by atoms with E-state index in [-0.39, 0.29) is 18.4 Å². The monoisotopic (exact) mass is 589 g/mol. The lowest BCUT2D eigenvalue weighted by molar-refractivity contribution is -0.120. The number of nitrogens with one attached hydrogen (secondary N) is 1. The van der Waals surface area contributed by atoms with Crippen LogP contribution in [-0.4, -0.2) is 61.2 Å². The minimum atomic E-state index is -0.410. The number of piperidine rings is 1. The van der Waals surface area contributed by atoms with Gasteiger partial charge in [-0.2, -0.15) is 5.10 Å². The van der Waals surface area contributed by atoms with Gasteiger partial charge in [0.05, 0.1) is 23.3 Å². The molecule has 7 rings (SSSR count). The van der Waals surface area contributed by atoms with Gasteiger partial charge >= 0.3 is 6.03 Å². The Morgan fingerprint density at radius 1 is 0.932 bits per heavy atom. The van der Waals surface area contributed by atoms with E-state index in [2.05, 4.69) is 25.2 Å². The first kappa shape index (κ1) is 27.5. The first-order valence-corrected chi connectivity index (χ1v) is 14.6. The Morgan fingerprint density at radius 3 is 2.48 bits per heavy atom. The molecule has 222 valence electrons. The highest BCUT2D eigenvalue weighted by Crippen LogP contribution is 2.35. The number of anilines is 2. The number of fused-ring (bicyclic) bond motifs is 1. The minimum absolute atomic E-state index is 0.150. The van der Waals surface area contributed by atoms with Crippen LogP contribution in [0.3, 0.4) is 0 Å². The van der Waals surface area contributed by atoms with E-state index >= 15 is 0 Å². The predicted molar refractivity (Wildman–Crippen MR) is 165 cm³/mol. The van der Waals surface area contributed by atoms with Crippen LogP contribution >= 0.6 is 0 Å². The van der Waals surface area contributed by atoms with E-state index in [4.69, 9.17) is 15.6 Å². The van der Waals surface area contributed by atoms with Gasteiger partial charge in [0.15, 0.2) is 5.65 Å². The lowest BCUT2D eigenvalue weighted by Gasteiger charge is -2.32. The zero-order chi connectivity index (χ0) is 30.0. The van der Waals surface area contributed by atoms with Gasteiger partial charge in [-0.3, -0.25) is 24.9 Å². The second-order valence-corrected chi connectivity index (χ2v) is 11.0. The summed E-state index contributed by atoms with van der Waals surface area (Å²) in [6.07, 6.45) is 7.01. The van der Waals surface area contributed by atoms with Crippen LogP contribution in [0.5, 0.6) is 11.5 Å². The Bertz CT molecular complexity index is 1820. The van der Waals surface area contributed by atoms with E-state index in [1.54, 1.807) is 11.1 Å². The third-order valence-electron chi connectivity index (χ3n) is 8.08. The van der Waals surface area contributed by atoms with Crippen LogP contribution < -0.4 is 20.7 Å². The fraction of sp³-hybridized carbons (Fsp3) is 0.250. The first-order chi connectivity index (χ1) is 21.5. The van der Waals surface area contributed by atoms with E-state index in [0.29, 0.717) is 24.6 Å². The van der Waals surface area contributed by atoms with E-state index in [1.807, 2.05) is 71.5 Å². The lowest BCUT2D eigenvalue weighted by Crippen LogP contribution is -2.49. The number of amides is 3. The molecule has 12 nitrogen and oxygen atoms in total. The maximum Gasteiger partial charge on any atom is 0.328 e. The molecule has 0 atom stereocenters. The molecule has 0 spiro atoms. The summed E-state index contributed by atoms with van der Waals surface area (Å²) >= 11 is 0. The number of benzene rings is 2. The normalized spacial score (nSPS) is 16.3. The summed E-state index contributed by atoms with van der Waals surface area (Å²) in [5, 5.41) is 8.16.